The highest BCUT2D eigenvalue weighted by Crippen LogP contribution is 2.23. The molecule has 6 nitrogen and oxygen atoms in total. The number of anilines is 1. The van der Waals surface area contributed by atoms with Crippen LogP contribution in [-0.2, 0) is 6.42 Å². The highest BCUT2D eigenvalue weighted by molar-refractivity contribution is 5.67. The van der Waals surface area contributed by atoms with Gasteiger partial charge in [-0.15, -0.1) is 0 Å². The Morgan fingerprint density at radius 2 is 1.93 bits per heavy atom. The third-order valence-electron chi connectivity index (χ3n) is 4.30. The Hall–Kier alpha value is -3.48. The van der Waals surface area contributed by atoms with E-state index in [9.17, 15) is 9.50 Å². The van der Waals surface area contributed by atoms with Crippen molar-refractivity contribution in [3.8, 4) is 17.0 Å². The van der Waals surface area contributed by atoms with E-state index in [1.54, 1.807) is 29.0 Å². The van der Waals surface area contributed by atoms with Gasteiger partial charge in [0.2, 0.25) is 0 Å². The molecule has 0 spiro atoms. The fourth-order valence-electron chi connectivity index (χ4n) is 2.90. The third kappa shape index (κ3) is 3.57. The largest absolute Gasteiger partial charge is 0.508 e. The molecule has 7 heteroatoms. The molecular formula is C20H18FN5O. The van der Waals surface area contributed by atoms with Gasteiger partial charge in [-0.1, -0.05) is 12.1 Å². The van der Waals surface area contributed by atoms with Crippen molar-refractivity contribution in [2.24, 2.45) is 0 Å². The molecule has 0 atom stereocenters. The van der Waals surface area contributed by atoms with Crippen molar-refractivity contribution in [3.05, 3.63) is 71.9 Å². The van der Waals surface area contributed by atoms with Gasteiger partial charge in [-0.25, -0.2) is 9.37 Å². The molecule has 4 aromatic rings. The van der Waals surface area contributed by atoms with E-state index in [2.05, 4.69) is 20.4 Å². The molecule has 0 bridgehead atoms. The van der Waals surface area contributed by atoms with Crippen LogP contribution in [0.1, 0.15) is 11.1 Å². The van der Waals surface area contributed by atoms with E-state index < -0.39 is 5.82 Å². The Balaban J connectivity index is 1.63. The summed E-state index contributed by atoms with van der Waals surface area (Å²) >= 11 is 0. The van der Waals surface area contributed by atoms with E-state index in [1.165, 1.54) is 12.3 Å². The molecule has 0 radical (unpaired) electrons. The molecule has 0 aliphatic carbocycles. The average Bonchev–Trinajstić information content (AvgIpc) is 3.04. The van der Waals surface area contributed by atoms with Gasteiger partial charge in [-0.2, -0.15) is 9.61 Å². The minimum Gasteiger partial charge on any atom is -0.508 e. The molecular weight excluding hydrogens is 345 g/mol. The maximum atomic E-state index is 13.6. The van der Waals surface area contributed by atoms with E-state index in [4.69, 9.17) is 0 Å². The zero-order chi connectivity index (χ0) is 18.8. The monoisotopic (exact) mass is 363 g/mol. The highest BCUT2D eigenvalue weighted by Gasteiger charge is 2.11. The summed E-state index contributed by atoms with van der Waals surface area (Å²) in [6, 6.07) is 10.4. The predicted molar refractivity (Wildman–Crippen MR) is 101 cm³/mol. The third-order valence-corrected chi connectivity index (χ3v) is 4.30. The summed E-state index contributed by atoms with van der Waals surface area (Å²) in [5.41, 5.74) is 3.99. The van der Waals surface area contributed by atoms with Gasteiger partial charge < -0.3 is 10.4 Å². The molecule has 0 saturated carbocycles. The Morgan fingerprint density at radius 1 is 1.11 bits per heavy atom. The Kier molecular flexibility index (Phi) is 4.42. The van der Waals surface area contributed by atoms with Crippen molar-refractivity contribution in [2.45, 2.75) is 13.3 Å². The molecule has 0 amide bonds. The van der Waals surface area contributed by atoms with E-state index >= 15 is 0 Å². The van der Waals surface area contributed by atoms with Crippen LogP contribution in [0.2, 0.25) is 0 Å². The summed E-state index contributed by atoms with van der Waals surface area (Å²) in [5, 5.41) is 17.1. The first-order valence-corrected chi connectivity index (χ1v) is 8.58. The number of rotatable bonds is 5. The van der Waals surface area contributed by atoms with Gasteiger partial charge in [-0.3, -0.25) is 4.98 Å². The number of nitrogens with zero attached hydrogens (tertiary/aromatic N) is 4. The standard InChI is InChI=1S/C20H18FN5O/c1-13-10-24-26-19(23-7-6-14-2-4-17(27)5-3-14)9-18(25-20(13)26)15-8-16(21)12-22-11-15/h2-5,8-12,23,27H,6-7H2,1H3. The minimum absolute atomic E-state index is 0.253. The van der Waals surface area contributed by atoms with Gasteiger partial charge in [0.25, 0.3) is 0 Å². The van der Waals surface area contributed by atoms with Crippen molar-refractivity contribution in [3.63, 3.8) is 0 Å². The van der Waals surface area contributed by atoms with Crippen LogP contribution >= 0.6 is 0 Å². The van der Waals surface area contributed by atoms with E-state index in [0.29, 0.717) is 23.4 Å². The Bertz CT molecular complexity index is 1090. The number of benzene rings is 1. The number of hydrogen-bond acceptors (Lipinski definition) is 5. The normalized spacial score (nSPS) is 11.0. The molecule has 0 aliphatic heterocycles. The highest BCUT2D eigenvalue weighted by atomic mass is 19.1. The second-order valence-electron chi connectivity index (χ2n) is 6.32. The Morgan fingerprint density at radius 3 is 2.70 bits per heavy atom. The fraction of sp³-hybridized carbons (Fsp3) is 0.150. The van der Waals surface area contributed by atoms with E-state index in [1.807, 2.05) is 25.1 Å². The molecule has 1 aromatic carbocycles. The number of phenolic OH excluding ortho intramolecular Hbond substituents is 1. The second kappa shape index (κ2) is 7.03. The second-order valence-corrected chi connectivity index (χ2v) is 6.32. The van der Waals surface area contributed by atoms with Gasteiger partial charge in [0.15, 0.2) is 5.65 Å². The first-order chi connectivity index (χ1) is 13.1. The van der Waals surface area contributed by atoms with Crippen LogP contribution in [-0.4, -0.2) is 31.2 Å². The number of phenols is 1. The molecule has 0 saturated heterocycles. The lowest BCUT2D eigenvalue weighted by molar-refractivity contribution is 0.475. The van der Waals surface area contributed by atoms with E-state index in [0.717, 1.165) is 23.4 Å². The molecule has 136 valence electrons. The van der Waals surface area contributed by atoms with Gasteiger partial charge in [0.05, 0.1) is 18.1 Å². The number of aromatic hydroxyl groups is 1. The summed E-state index contributed by atoms with van der Waals surface area (Å²) in [6.07, 6.45) is 5.29. The first kappa shape index (κ1) is 17.0. The van der Waals surface area contributed by atoms with Gasteiger partial charge in [-0.05, 0) is 37.1 Å². The quantitative estimate of drug-likeness (QED) is 0.567. The van der Waals surface area contributed by atoms with Crippen LogP contribution in [0.5, 0.6) is 5.75 Å². The van der Waals surface area contributed by atoms with Crippen LogP contribution in [0.3, 0.4) is 0 Å². The molecule has 4 rings (SSSR count). The smallest absolute Gasteiger partial charge is 0.160 e. The number of halogens is 1. The van der Waals surface area contributed by atoms with Crippen LogP contribution in [0.15, 0.2) is 55.0 Å². The topological polar surface area (TPSA) is 75.3 Å². The van der Waals surface area contributed by atoms with Crippen LogP contribution < -0.4 is 5.32 Å². The van der Waals surface area contributed by atoms with Crippen LogP contribution in [0.4, 0.5) is 10.2 Å². The minimum atomic E-state index is -0.402. The van der Waals surface area contributed by atoms with Crippen molar-refractivity contribution in [1.29, 1.82) is 0 Å². The van der Waals surface area contributed by atoms with Gasteiger partial charge in [0.1, 0.15) is 17.4 Å². The molecule has 27 heavy (non-hydrogen) atoms. The maximum Gasteiger partial charge on any atom is 0.160 e. The number of hydrogen-bond donors (Lipinski definition) is 2. The molecule has 0 fully saturated rings. The first-order valence-electron chi connectivity index (χ1n) is 8.58. The summed E-state index contributed by atoms with van der Waals surface area (Å²) < 4.78 is 15.3. The molecule has 0 aliphatic rings. The number of pyridine rings is 1. The van der Waals surface area contributed by atoms with Crippen LogP contribution in [0, 0.1) is 12.7 Å². The average molecular weight is 363 g/mol. The number of fused-ring (bicyclic) bond motifs is 1. The maximum absolute atomic E-state index is 13.6. The number of aromatic nitrogens is 4. The van der Waals surface area contributed by atoms with Gasteiger partial charge >= 0.3 is 0 Å². The molecule has 0 unspecified atom stereocenters. The van der Waals surface area contributed by atoms with Crippen molar-refractivity contribution in [1.82, 2.24) is 19.6 Å². The summed E-state index contributed by atoms with van der Waals surface area (Å²) in [7, 11) is 0. The van der Waals surface area contributed by atoms with Crippen molar-refractivity contribution >= 4 is 11.5 Å². The van der Waals surface area contributed by atoms with Crippen LogP contribution in [0.25, 0.3) is 16.9 Å². The van der Waals surface area contributed by atoms with E-state index in [-0.39, 0.29) is 5.75 Å². The lowest BCUT2D eigenvalue weighted by Gasteiger charge is -2.11. The van der Waals surface area contributed by atoms with Crippen molar-refractivity contribution < 1.29 is 9.50 Å². The van der Waals surface area contributed by atoms with Crippen molar-refractivity contribution in [2.75, 3.05) is 11.9 Å². The summed E-state index contributed by atoms with van der Waals surface area (Å²) in [4.78, 5) is 8.52. The zero-order valence-corrected chi connectivity index (χ0v) is 14.7. The lowest BCUT2D eigenvalue weighted by Crippen LogP contribution is -2.10. The fourth-order valence-corrected chi connectivity index (χ4v) is 2.90. The lowest BCUT2D eigenvalue weighted by atomic mass is 10.1. The molecule has 3 heterocycles. The molecule has 3 aromatic heterocycles. The number of nitrogens with one attached hydrogen (secondary N) is 1. The summed E-state index contributed by atoms with van der Waals surface area (Å²) in [6.45, 7) is 2.60. The Labute approximate surface area is 155 Å². The summed E-state index contributed by atoms with van der Waals surface area (Å²) in [5.74, 6) is 0.621. The molecule has 2 N–H and O–H groups in total. The number of aryl methyl sites for hydroxylation is 1. The SMILES string of the molecule is Cc1cnn2c(NCCc3ccc(O)cc3)cc(-c3cncc(F)c3)nc12. The predicted octanol–water partition coefficient (Wildman–Crippen LogP) is 3.60. The zero-order valence-electron chi connectivity index (χ0n) is 14.7. The van der Waals surface area contributed by atoms with Gasteiger partial charge in [0, 0.05) is 29.9 Å².